The Bertz CT molecular complexity index is 584. The van der Waals surface area contributed by atoms with E-state index in [1.54, 1.807) is 6.20 Å². The van der Waals surface area contributed by atoms with Gasteiger partial charge in [0.25, 0.3) is 0 Å². The number of aryl methyl sites for hydroxylation is 1. The molecule has 102 valence electrons. The normalized spacial score (nSPS) is 11.6. The molecule has 19 heavy (non-hydrogen) atoms. The summed E-state index contributed by atoms with van der Waals surface area (Å²) in [5, 5.41) is 3.39. The zero-order valence-corrected chi connectivity index (χ0v) is 11.2. The summed E-state index contributed by atoms with van der Waals surface area (Å²) >= 11 is 6.99. The number of rotatable bonds is 3. The SMILES string of the molecule is Cc1ncc(CNc2cc(Cl)nc(C(F)(F)F)n2)s1. The van der Waals surface area contributed by atoms with Crippen molar-refractivity contribution >= 4 is 28.8 Å². The monoisotopic (exact) mass is 308 g/mol. The van der Waals surface area contributed by atoms with Crippen molar-refractivity contribution in [1.29, 1.82) is 0 Å². The number of anilines is 1. The van der Waals surface area contributed by atoms with Crippen molar-refractivity contribution < 1.29 is 13.2 Å². The van der Waals surface area contributed by atoms with Crippen molar-refractivity contribution in [2.75, 3.05) is 5.32 Å². The highest BCUT2D eigenvalue weighted by Crippen LogP contribution is 2.28. The first kappa shape index (κ1) is 14.0. The zero-order chi connectivity index (χ0) is 14.0. The molecular weight excluding hydrogens is 301 g/mol. The Morgan fingerprint density at radius 1 is 1.37 bits per heavy atom. The zero-order valence-electron chi connectivity index (χ0n) is 9.62. The van der Waals surface area contributed by atoms with Gasteiger partial charge in [-0.2, -0.15) is 13.2 Å². The molecule has 0 aliphatic heterocycles. The van der Waals surface area contributed by atoms with Crippen LogP contribution in [0.5, 0.6) is 0 Å². The predicted molar refractivity (Wildman–Crippen MR) is 66.2 cm³/mol. The fourth-order valence-corrected chi connectivity index (χ4v) is 2.22. The molecule has 0 amide bonds. The smallest absolute Gasteiger partial charge is 0.365 e. The van der Waals surface area contributed by atoms with E-state index in [1.807, 2.05) is 6.92 Å². The maximum Gasteiger partial charge on any atom is 0.451 e. The quantitative estimate of drug-likeness (QED) is 0.881. The lowest BCUT2D eigenvalue weighted by Gasteiger charge is -2.08. The van der Waals surface area contributed by atoms with Gasteiger partial charge in [-0.05, 0) is 6.92 Å². The van der Waals surface area contributed by atoms with Crippen LogP contribution in [0.2, 0.25) is 5.15 Å². The summed E-state index contributed by atoms with van der Waals surface area (Å²) < 4.78 is 37.5. The third-order valence-electron chi connectivity index (χ3n) is 2.06. The van der Waals surface area contributed by atoms with Crippen LogP contribution in [0.3, 0.4) is 0 Å². The Morgan fingerprint density at radius 2 is 2.11 bits per heavy atom. The molecule has 2 rings (SSSR count). The van der Waals surface area contributed by atoms with E-state index in [0.717, 1.165) is 9.88 Å². The van der Waals surface area contributed by atoms with E-state index >= 15 is 0 Å². The second-order valence-corrected chi connectivity index (χ2v) is 5.30. The molecule has 0 unspecified atom stereocenters. The molecule has 0 aromatic carbocycles. The van der Waals surface area contributed by atoms with E-state index in [0.29, 0.717) is 6.54 Å². The lowest BCUT2D eigenvalue weighted by molar-refractivity contribution is -0.144. The van der Waals surface area contributed by atoms with Gasteiger partial charge in [0.2, 0.25) is 5.82 Å². The molecule has 1 N–H and O–H groups in total. The second-order valence-electron chi connectivity index (χ2n) is 3.60. The molecule has 0 fully saturated rings. The number of hydrogen-bond donors (Lipinski definition) is 1. The highest BCUT2D eigenvalue weighted by atomic mass is 35.5. The third-order valence-corrected chi connectivity index (χ3v) is 3.17. The summed E-state index contributed by atoms with van der Waals surface area (Å²) in [6, 6.07) is 1.24. The fraction of sp³-hybridized carbons (Fsp3) is 0.300. The molecule has 0 aliphatic carbocycles. The van der Waals surface area contributed by atoms with Gasteiger partial charge in [-0.1, -0.05) is 11.6 Å². The predicted octanol–water partition coefficient (Wildman–Crippen LogP) is 3.53. The van der Waals surface area contributed by atoms with E-state index in [9.17, 15) is 13.2 Å². The molecule has 0 spiro atoms. The van der Waals surface area contributed by atoms with E-state index in [2.05, 4.69) is 20.3 Å². The standard InChI is InChI=1S/C10H8ClF3N4S/c1-5-15-3-6(19-5)4-16-8-2-7(11)17-9(18-8)10(12,13)14/h2-3H,4H2,1H3,(H,16,17,18). The molecule has 9 heteroatoms. The van der Waals surface area contributed by atoms with Gasteiger partial charge in [0, 0.05) is 17.1 Å². The summed E-state index contributed by atoms with van der Waals surface area (Å²) in [5.74, 6) is -1.23. The van der Waals surface area contributed by atoms with Gasteiger partial charge >= 0.3 is 6.18 Å². The lowest BCUT2D eigenvalue weighted by atomic mass is 10.4. The summed E-state index contributed by atoms with van der Waals surface area (Å²) in [7, 11) is 0. The van der Waals surface area contributed by atoms with Crippen LogP contribution in [0, 0.1) is 6.92 Å². The van der Waals surface area contributed by atoms with Crippen LogP contribution in [0.25, 0.3) is 0 Å². The van der Waals surface area contributed by atoms with Crippen LogP contribution in [0.15, 0.2) is 12.3 Å². The molecule has 0 bridgehead atoms. The number of nitrogens with one attached hydrogen (secondary N) is 1. The highest BCUT2D eigenvalue weighted by Gasteiger charge is 2.35. The number of thiazole rings is 1. The van der Waals surface area contributed by atoms with Gasteiger partial charge in [0.15, 0.2) is 0 Å². The van der Waals surface area contributed by atoms with E-state index < -0.39 is 12.0 Å². The Hall–Kier alpha value is -1.41. The minimum Gasteiger partial charge on any atom is -0.365 e. The molecule has 0 saturated heterocycles. The molecule has 2 heterocycles. The molecule has 2 aromatic heterocycles. The first-order valence-electron chi connectivity index (χ1n) is 5.11. The molecule has 4 nitrogen and oxygen atoms in total. The third kappa shape index (κ3) is 3.77. The Labute approximate surface area is 115 Å². The maximum absolute atomic E-state index is 12.5. The number of hydrogen-bond acceptors (Lipinski definition) is 5. The molecule has 0 aliphatic rings. The van der Waals surface area contributed by atoms with Gasteiger partial charge in [-0.15, -0.1) is 11.3 Å². The number of alkyl halides is 3. The summed E-state index contributed by atoms with van der Waals surface area (Å²) in [6.45, 7) is 2.17. The van der Waals surface area contributed by atoms with Crippen molar-refractivity contribution in [1.82, 2.24) is 15.0 Å². The minimum absolute atomic E-state index is 0.0263. The van der Waals surface area contributed by atoms with Crippen LogP contribution < -0.4 is 5.32 Å². The number of aromatic nitrogens is 3. The summed E-state index contributed by atoms with van der Waals surface area (Å²) in [6.07, 6.45) is -2.97. The lowest BCUT2D eigenvalue weighted by Crippen LogP contribution is -2.13. The van der Waals surface area contributed by atoms with Gasteiger partial charge < -0.3 is 5.32 Å². The van der Waals surface area contributed by atoms with Crippen molar-refractivity contribution in [3.05, 3.63) is 33.1 Å². The molecule has 0 saturated carbocycles. The number of halogens is 4. The van der Waals surface area contributed by atoms with E-state index in [4.69, 9.17) is 11.6 Å². The molecule has 0 atom stereocenters. The van der Waals surface area contributed by atoms with Gasteiger partial charge in [-0.3, -0.25) is 0 Å². The van der Waals surface area contributed by atoms with Crippen molar-refractivity contribution in [2.24, 2.45) is 0 Å². The van der Waals surface area contributed by atoms with Crippen LogP contribution in [-0.4, -0.2) is 15.0 Å². The van der Waals surface area contributed by atoms with Gasteiger partial charge in [0.1, 0.15) is 11.0 Å². The number of nitrogens with zero attached hydrogens (tertiary/aromatic N) is 3. The first-order chi connectivity index (χ1) is 8.84. The fourth-order valence-electron chi connectivity index (χ4n) is 1.30. The molecule has 0 radical (unpaired) electrons. The Kier molecular flexibility index (Phi) is 3.91. The topological polar surface area (TPSA) is 50.7 Å². The maximum atomic E-state index is 12.5. The molecular formula is C10H8ClF3N4S. The van der Waals surface area contributed by atoms with E-state index in [1.165, 1.54) is 17.4 Å². The molecule has 2 aromatic rings. The van der Waals surface area contributed by atoms with E-state index in [-0.39, 0.29) is 11.0 Å². The van der Waals surface area contributed by atoms with Crippen molar-refractivity contribution in [3.8, 4) is 0 Å². The Morgan fingerprint density at radius 3 is 2.68 bits per heavy atom. The van der Waals surface area contributed by atoms with Crippen LogP contribution in [-0.2, 0) is 12.7 Å². The van der Waals surface area contributed by atoms with Gasteiger partial charge in [-0.25, -0.2) is 15.0 Å². The average molecular weight is 309 g/mol. The van der Waals surface area contributed by atoms with Crippen LogP contribution in [0.4, 0.5) is 19.0 Å². The van der Waals surface area contributed by atoms with Crippen molar-refractivity contribution in [2.45, 2.75) is 19.6 Å². The highest BCUT2D eigenvalue weighted by molar-refractivity contribution is 7.11. The second kappa shape index (κ2) is 5.30. The van der Waals surface area contributed by atoms with Gasteiger partial charge in [0.05, 0.1) is 11.6 Å². The first-order valence-corrected chi connectivity index (χ1v) is 6.31. The average Bonchev–Trinajstić information content (AvgIpc) is 2.71. The van der Waals surface area contributed by atoms with Crippen LogP contribution >= 0.6 is 22.9 Å². The van der Waals surface area contributed by atoms with Crippen LogP contribution in [0.1, 0.15) is 15.7 Å². The van der Waals surface area contributed by atoms with Crippen molar-refractivity contribution in [3.63, 3.8) is 0 Å². The summed E-state index contributed by atoms with van der Waals surface area (Å²) in [4.78, 5) is 11.5. The minimum atomic E-state index is -4.62. The summed E-state index contributed by atoms with van der Waals surface area (Å²) in [5.41, 5.74) is 0. The largest absolute Gasteiger partial charge is 0.451 e. The Balaban J connectivity index is 2.14.